The van der Waals surface area contributed by atoms with Gasteiger partial charge in [-0.05, 0) is 34.6 Å². The summed E-state index contributed by atoms with van der Waals surface area (Å²) in [5.74, 6) is -0.520. The Bertz CT molecular complexity index is 826. The Morgan fingerprint density at radius 3 is 2.50 bits per heavy atom. The number of nitriles is 1. The average Bonchev–Trinajstić information content (AvgIpc) is 2.89. The molecule has 0 saturated carbocycles. The first-order chi connectivity index (χ1) is 11.2. The van der Waals surface area contributed by atoms with Crippen LogP contribution in [0.3, 0.4) is 0 Å². The number of nitrogens with zero attached hydrogens (tertiary/aromatic N) is 1. The normalized spacial score (nSPS) is 10.8. The van der Waals surface area contributed by atoms with Crippen LogP contribution in [0, 0.1) is 11.3 Å². The molecular formula is C18H19N3O2S. The number of anilines is 2. The van der Waals surface area contributed by atoms with Crippen molar-refractivity contribution in [3.05, 3.63) is 46.3 Å². The Labute approximate surface area is 145 Å². The Morgan fingerprint density at radius 1 is 1.21 bits per heavy atom. The van der Waals surface area contributed by atoms with Gasteiger partial charge < -0.3 is 10.6 Å². The number of thiophene rings is 1. The van der Waals surface area contributed by atoms with Crippen molar-refractivity contribution >= 4 is 33.8 Å². The van der Waals surface area contributed by atoms with E-state index in [1.54, 1.807) is 24.3 Å². The molecule has 1 aromatic heterocycles. The zero-order chi connectivity index (χ0) is 17.9. The summed E-state index contributed by atoms with van der Waals surface area (Å²) in [6.07, 6.45) is 0. The van der Waals surface area contributed by atoms with Crippen molar-refractivity contribution in [2.75, 3.05) is 10.6 Å². The zero-order valence-electron chi connectivity index (χ0n) is 14.1. The summed E-state index contributed by atoms with van der Waals surface area (Å²) in [4.78, 5) is 23.6. The van der Waals surface area contributed by atoms with Crippen LogP contribution >= 0.6 is 11.3 Å². The van der Waals surface area contributed by atoms with Gasteiger partial charge >= 0.3 is 0 Å². The van der Waals surface area contributed by atoms with Crippen LogP contribution in [0.15, 0.2) is 29.6 Å². The van der Waals surface area contributed by atoms with Gasteiger partial charge in [0.1, 0.15) is 11.1 Å². The van der Waals surface area contributed by atoms with Crippen LogP contribution in [0.4, 0.5) is 10.7 Å². The molecule has 0 saturated heterocycles. The van der Waals surface area contributed by atoms with Crippen LogP contribution < -0.4 is 10.6 Å². The number of hydrogen-bond donors (Lipinski definition) is 2. The van der Waals surface area contributed by atoms with Gasteiger partial charge in [0.05, 0.1) is 5.56 Å². The second-order valence-electron chi connectivity index (χ2n) is 6.43. The van der Waals surface area contributed by atoms with Crippen LogP contribution in [0.25, 0.3) is 0 Å². The molecule has 0 aliphatic rings. The summed E-state index contributed by atoms with van der Waals surface area (Å²) < 4.78 is 0. The molecule has 0 atom stereocenters. The van der Waals surface area contributed by atoms with Gasteiger partial charge in [-0.3, -0.25) is 9.59 Å². The standard InChI is InChI=1S/C18H19N3O2S/c1-11(22)20-13-7-5-6-12(8-13)16(23)21-17-14(9-19)15(10-24-17)18(2,3)4/h5-8,10H,1-4H3,(H,20,22)(H,21,23). The molecule has 0 bridgehead atoms. The summed E-state index contributed by atoms with van der Waals surface area (Å²) in [6, 6.07) is 8.84. The zero-order valence-corrected chi connectivity index (χ0v) is 14.9. The Balaban J connectivity index is 2.26. The highest BCUT2D eigenvalue weighted by atomic mass is 32.1. The SMILES string of the molecule is CC(=O)Nc1cccc(C(=O)Nc2scc(C(C)(C)C)c2C#N)c1. The van der Waals surface area contributed by atoms with E-state index in [-0.39, 0.29) is 17.2 Å². The second kappa shape index (κ2) is 6.85. The summed E-state index contributed by atoms with van der Waals surface area (Å²) in [5, 5.41) is 17.3. The quantitative estimate of drug-likeness (QED) is 0.880. The van der Waals surface area contributed by atoms with E-state index in [0.717, 1.165) is 5.56 Å². The van der Waals surface area contributed by atoms with Crippen molar-refractivity contribution in [3.8, 4) is 6.07 Å². The summed E-state index contributed by atoms with van der Waals surface area (Å²) in [5.41, 5.74) is 2.21. The smallest absolute Gasteiger partial charge is 0.256 e. The first-order valence-electron chi connectivity index (χ1n) is 7.43. The molecule has 0 unspecified atom stereocenters. The van der Waals surface area contributed by atoms with Crippen LogP contribution in [-0.2, 0) is 10.2 Å². The molecule has 0 aliphatic carbocycles. The summed E-state index contributed by atoms with van der Waals surface area (Å²) >= 11 is 1.34. The molecule has 24 heavy (non-hydrogen) atoms. The van der Waals surface area contributed by atoms with E-state index in [1.165, 1.54) is 18.3 Å². The lowest BCUT2D eigenvalue weighted by Crippen LogP contribution is -2.15. The minimum absolute atomic E-state index is 0.171. The Kier molecular flexibility index (Phi) is 5.05. The van der Waals surface area contributed by atoms with Crippen molar-refractivity contribution in [3.63, 3.8) is 0 Å². The maximum atomic E-state index is 12.5. The maximum Gasteiger partial charge on any atom is 0.256 e. The molecule has 5 nitrogen and oxygen atoms in total. The first-order valence-corrected chi connectivity index (χ1v) is 8.31. The highest BCUT2D eigenvalue weighted by Crippen LogP contribution is 2.35. The minimum atomic E-state index is -0.319. The lowest BCUT2D eigenvalue weighted by molar-refractivity contribution is -0.114. The molecule has 6 heteroatoms. The predicted molar refractivity (Wildman–Crippen MR) is 96.4 cm³/mol. The highest BCUT2D eigenvalue weighted by molar-refractivity contribution is 7.14. The monoisotopic (exact) mass is 341 g/mol. The lowest BCUT2D eigenvalue weighted by atomic mass is 9.86. The van der Waals surface area contributed by atoms with Crippen molar-refractivity contribution in [1.29, 1.82) is 5.26 Å². The molecule has 0 spiro atoms. The number of rotatable bonds is 3. The fourth-order valence-electron chi connectivity index (χ4n) is 2.23. The molecule has 0 radical (unpaired) electrons. The Morgan fingerprint density at radius 2 is 1.92 bits per heavy atom. The molecule has 1 aromatic carbocycles. The van der Waals surface area contributed by atoms with E-state index in [2.05, 4.69) is 16.7 Å². The van der Waals surface area contributed by atoms with Gasteiger partial charge in [-0.15, -0.1) is 11.3 Å². The topological polar surface area (TPSA) is 82.0 Å². The number of carbonyl (C=O) groups excluding carboxylic acids is 2. The van der Waals surface area contributed by atoms with E-state index < -0.39 is 0 Å². The summed E-state index contributed by atoms with van der Waals surface area (Å²) in [7, 11) is 0. The van der Waals surface area contributed by atoms with Crippen molar-refractivity contribution in [1.82, 2.24) is 0 Å². The van der Waals surface area contributed by atoms with E-state index >= 15 is 0 Å². The number of amides is 2. The van der Waals surface area contributed by atoms with Crippen LogP contribution in [0.1, 0.15) is 49.2 Å². The van der Waals surface area contributed by atoms with Crippen molar-refractivity contribution in [2.24, 2.45) is 0 Å². The number of nitrogens with one attached hydrogen (secondary N) is 2. The second-order valence-corrected chi connectivity index (χ2v) is 7.31. The average molecular weight is 341 g/mol. The fourth-order valence-corrected chi connectivity index (χ4v) is 3.36. The molecule has 0 aliphatic heterocycles. The van der Waals surface area contributed by atoms with Gasteiger partial charge in [0.15, 0.2) is 0 Å². The molecular weight excluding hydrogens is 322 g/mol. The summed E-state index contributed by atoms with van der Waals surface area (Å²) in [6.45, 7) is 7.49. The van der Waals surface area contributed by atoms with E-state index in [4.69, 9.17) is 0 Å². The molecule has 2 amide bonds. The van der Waals surface area contributed by atoms with E-state index in [9.17, 15) is 14.9 Å². The molecule has 2 rings (SSSR count). The van der Waals surface area contributed by atoms with Crippen LogP contribution in [0.5, 0.6) is 0 Å². The van der Waals surface area contributed by atoms with E-state index in [1.807, 2.05) is 26.2 Å². The van der Waals surface area contributed by atoms with Crippen molar-refractivity contribution in [2.45, 2.75) is 33.1 Å². The largest absolute Gasteiger partial charge is 0.326 e. The first kappa shape index (κ1) is 17.7. The van der Waals surface area contributed by atoms with Gasteiger partial charge in [-0.25, -0.2) is 0 Å². The molecule has 0 fully saturated rings. The third-order valence-electron chi connectivity index (χ3n) is 3.38. The number of hydrogen-bond acceptors (Lipinski definition) is 4. The third-order valence-corrected chi connectivity index (χ3v) is 4.28. The van der Waals surface area contributed by atoms with Crippen LogP contribution in [-0.4, -0.2) is 11.8 Å². The van der Waals surface area contributed by atoms with Gasteiger partial charge in [-0.2, -0.15) is 5.26 Å². The number of carbonyl (C=O) groups is 2. The fraction of sp³-hybridized carbons (Fsp3) is 0.278. The molecule has 124 valence electrons. The third kappa shape index (κ3) is 4.00. The molecule has 2 N–H and O–H groups in total. The van der Waals surface area contributed by atoms with E-state index in [0.29, 0.717) is 21.8 Å². The molecule has 2 aromatic rings. The Hall–Kier alpha value is -2.65. The highest BCUT2D eigenvalue weighted by Gasteiger charge is 2.23. The van der Waals surface area contributed by atoms with Crippen LogP contribution in [0.2, 0.25) is 0 Å². The van der Waals surface area contributed by atoms with Gasteiger partial charge in [0.2, 0.25) is 5.91 Å². The van der Waals surface area contributed by atoms with Gasteiger partial charge in [0, 0.05) is 18.2 Å². The minimum Gasteiger partial charge on any atom is -0.326 e. The maximum absolute atomic E-state index is 12.5. The van der Waals surface area contributed by atoms with Gasteiger partial charge in [-0.1, -0.05) is 26.8 Å². The van der Waals surface area contributed by atoms with Crippen molar-refractivity contribution < 1.29 is 9.59 Å². The number of benzene rings is 1. The van der Waals surface area contributed by atoms with Gasteiger partial charge in [0.25, 0.3) is 5.91 Å². The lowest BCUT2D eigenvalue weighted by Gasteiger charge is -2.17. The predicted octanol–water partition coefficient (Wildman–Crippen LogP) is 4.13. The molecule has 1 heterocycles.